The summed E-state index contributed by atoms with van der Waals surface area (Å²) in [7, 11) is -2.56. The van der Waals surface area contributed by atoms with Gasteiger partial charge in [-0.2, -0.15) is 0 Å². The molecule has 0 fully saturated rings. The molecule has 0 aromatic heterocycles. The topological polar surface area (TPSA) is 96.0 Å². The van der Waals surface area contributed by atoms with Gasteiger partial charge in [-0.15, -0.1) is 0 Å². The summed E-state index contributed by atoms with van der Waals surface area (Å²) in [4.78, 5) is 28.8. The number of carbonyl (C=O) groups excluding carboxylic acids is 2. The Morgan fingerprint density at radius 3 is 2.12 bits per heavy atom. The van der Waals surface area contributed by atoms with E-state index in [4.69, 9.17) is 4.74 Å². The summed E-state index contributed by atoms with van der Waals surface area (Å²) in [6.07, 6.45) is 0. The van der Waals surface area contributed by atoms with Crippen LogP contribution in [0, 0.1) is 13.8 Å². The van der Waals surface area contributed by atoms with Gasteiger partial charge in [0.15, 0.2) is 0 Å². The van der Waals surface area contributed by atoms with Crippen LogP contribution in [-0.2, 0) is 26.2 Å². The van der Waals surface area contributed by atoms with Crippen molar-refractivity contribution < 1.29 is 22.7 Å². The summed E-state index contributed by atoms with van der Waals surface area (Å²) < 4.78 is 34.3. The number of methoxy groups -OCH3 is 1. The van der Waals surface area contributed by atoms with Crippen molar-refractivity contribution in [3.63, 3.8) is 0 Å². The molecule has 1 atom stereocenters. The van der Waals surface area contributed by atoms with Crippen molar-refractivity contribution >= 4 is 27.5 Å². The van der Waals surface area contributed by atoms with Crippen LogP contribution in [0.15, 0.2) is 77.7 Å². The number of rotatable bonds is 10. The van der Waals surface area contributed by atoms with Gasteiger partial charge in [0.1, 0.15) is 18.3 Å². The van der Waals surface area contributed by atoms with Crippen molar-refractivity contribution in [1.82, 2.24) is 10.2 Å². The Bertz CT molecular complexity index is 1430. The van der Waals surface area contributed by atoms with E-state index in [2.05, 4.69) is 5.32 Å². The van der Waals surface area contributed by atoms with E-state index >= 15 is 0 Å². The number of nitrogens with zero attached hydrogens (tertiary/aromatic N) is 2. The first kappa shape index (κ1) is 30.7. The maximum atomic E-state index is 14.1. The molecule has 40 heavy (non-hydrogen) atoms. The lowest BCUT2D eigenvalue weighted by molar-refractivity contribution is -0.140. The summed E-state index contributed by atoms with van der Waals surface area (Å²) >= 11 is 0. The second kappa shape index (κ2) is 12.6. The van der Waals surface area contributed by atoms with Crippen molar-refractivity contribution in [2.45, 2.75) is 64.6 Å². The Hall–Kier alpha value is -3.85. The van der Waals surface area contributed by atoms with E-state index in [-0.39, 0.29) is 17.3 Å². The van der Waals surface area contributed by atoms with Gasteiger partial charge in [-0.3, -0.25) is 13.9 Å². The zero-order valence-corrected chi connectivity index (χ0v) is 25.1. The van der Waals surface area contributed by atoms with E-state index in [0.29, 0.717) is 11.4 Å². The lowest BCUT2D eigenvalue weighted by Crippen LogP contribution is -2.54. The second-order valence-corrected chi connectivity index (χ2v) is 12.8. The number of carbonyl (C=O) groups is 2. The molecule has 0 aliphatic heterocycles. The maximum absolute atomic E-state index is 14.1. The minimum atomic E-state index is -4.11. The average molecular weight is 566 g/mol. The summed E-state index contributed by atoms with van der Waals surface area (Å²) in [5.74, 6) is -0.245. The van der Waals surface area contributed by atoms with Crippen LogP contribution < -0.4 is 14.4 Å². The number of nitrogens with one attached hydrogen (secondary N) is 1. The molecule has 0 radical (unpaired) electrons. The predicted molar refractivity (Wildman–Crippen MR) is 158 cm³/mol. The zero-order chi connectivity index (χ0) is 29.7. The highest BCUT2D eigenvalue weighted by Gasteiger charge is 2.33. The average Bonchev–Trinajstić information content (AvgIpc) is 2.88. The van der Waals surface area contributed by atoms with Gasteiger partial charge < -0.3 is 15.0 Å². The first-order valence-corrected chi connectivity index (χ1v) is 14.6. The minimum Gasteiger partial charge on any atom is -0.497 e. The highest BCUT2D eigenvalue weighted by atomic mass is 32.2. The predicted octanol–water partition coefficient (Wildman–Crippen LogP) is 4.84. The minimum absolute atomic E-state index is 0.0693. The molecule has 0 aliphatic carbocycles. The zero-order valence-electron chi connectivity index (χ0n) is 24.3. The fourth-order valence-corrected chi connectivity index (χ4v) is 5.79. The van der Waals surface area contributed by atoms with Crippen LogP contribution in [0.1, 0.15) is 44.4 Å². The maximum Gasteiger partial charge on any atom is 0.264 e. The van der Waals surface area contributed by atoms with Gasteiger partial charge >= 0.3 is 0 Å². The van der Waals surface area contributed by atoms with Gasteiger partial charge in [-0.25, -0.2) is 8.42 Å². The van der Waals surface area contributed by atoms with Crippen LogP contribution in [0.25, 0.3) is 0 Å². The standard InChI is InChI=1S/C31H39N3O5S/c1-22-16-23(2)18-26(17-22)34(40(37,38)28-14-9-8-10-15-28)21-29(35)33(24(3)30(36)32-31(4,5)6)20-25-12-11-13-27(19-25)39-7/h8-19,24H,20-21H2,1-7H3,(H,32,36)/t24-/m1/s1. The molecular weight excluding hydrogens is 526 g/mol. The Kier molecular flexibility index (Phi) is 9.63. The smallest absolute Gasteiger partial charge is 0.264 e. The van der Waals surface area contributed by atoms with E-state index < -0.39 is 34.1 Å². The van der Waals surface area contributed by atoms with Gasteiger partial charge in [0.05, 0.1) is 17.7 Å². The Morgan fingerprint density at radius 2 is 1.55 bits per heavy atom. The van der Waals surface area contributed by atoms with Crippen LogP contribution in [0.2, 0.25) is 0 Å². The molecule has 0 heterocycles. The molecule has 8 nitrogen and oxygen atoms in total. The van der Waals surface area contributed by atoms with E-state index in [1.807, 2.05) is 46.8 Å². The number of sulfonamides is 1. The number of hydrogen-bond donors (Lipinski definition) is 1. The Labute approximate surface area is 238 Å². The van der Waals surface area contributed by atoms with Crippen LogP contribution in [0.4, 0.5) is 5.69 Å². The van der Waals surface area contributed by atoms with E-state index in [0.717, 1.165) is 21.0 Å². The molecule has 0 aliphatic rings. The van der Waals surface area contributed by atoms with E-state index in [1.165, 1.54) is 17.0 Å². The number of ether oxygens (including phenoxy) is 1. The van der Waals surface area contributed by atoms with Crippen molar-refractivity contribution in [1.29, 1.82) is 0 Å². The van der Waals surface area contributed by atoms with Crippen molar-refractivity contribution in [2.24, 2.45) is 0 Å². The molecule has 0 saturated carbocycles. The number of anilines is 1. The van der Waals surface area contributed by atoms with Crippen LogP contribution in [0.5, 0.6) is 5.75 Å². The number of hydrogen-bond acceptors (Lipinski definition) is 5. The van der Waals surface area contributed by atoms with Crippen LogP contribution in [0.3, 0.4) is 0 Å². The molecule has 1 N–H and O–H groups in total. The Morgan fingerprint density at radius 1 is 0.925 bits per heavy atom. The summed E-state index contributed by atoms with van der Waals surface area (Å²) in [5.41, 5.74) is 2.33. The van der Waals surface area contributed by atoms with Crippen LogP contribution in [-0.4, -0.2) is 50.4 Å². The normalized spacial score (nSPS) is 12.4. The number of amides is 2. The van der Waals surface area contributed by atoms with Gasteiger partial charge in [-0.1, -0.05) is 36.4 Å². The van der Waals surface area contributed by atoms with E-state index in [1.54, 1.807) is 62.6 Å². The third-order valence-corrected chi connectivity index (χ3v) is 8.05. The number of benzene rings is 3. The summed E-state index contributed by atoms with van der Waals surface area (Å²) in [5, 5.41) is 2.93. The fourth-order valence-electron chi connectivity index (χ4n) is 4.37. The lowest BCUT2D eigenvalue weighted by atomic mass is 10.1. The largest absolute Gasteiger partial charge is 0.497 e. The molecular formula is C31H39N3O5S. The molecule has 2 amide bonds. The lowest BCUT2D eigenvalue weighted by Gasteiger charge is -2.33. The first-order chi connectivity index (χ1) is 18.7. The monoisotopic (exact) mass is 565 g/mol. The first-order valence-electron chi connectivity index (χ1n) is 13.1. The molecule has 0 unspecified atom stereocenters. The molecule has 3 rings (SSSR count). The number of aryl methyl sites for hydroxylation is 2. The highest BCUT2D eigenvalue weighted by molar-refractivity contribution is 7.92. The third-order valence-electron chi connectivity index (χ3n) is 6.26. The molecule has 0 saturated heterocycles. The van der Waals surface area contributed by atoms with Gasteiger partial charge in [0.25, 0.3) is 10.0 Å². The van der Waals surface area contributed by atoms with Crippen molar-refractivity contribution in [3.8, 4) is 5.75 Å². The summed E-state index contributed by atoms with van der Waals surface area (Å²) in [6, 6.07) is 19.8. The third kappa shape index (κ3) is 7.85. The highest BCUT2D eigenvalue weighted by Crippen LogP contribution is 2.27. The van der Waals surface area contributed by atoms with Gasteiger partial charge in [-0.05, 0) is 94.6 Å². The molecule has 3 aromatic rings. The SMILES string of the molecule is COc1cccc(CN(C(=O)CN(c2cc(C)cc(C)c2)S(=O)(=O)c2ccccc2)[C@H](C)C(=O)NC(C)(C)C)c1. The quantitative estimate of drug-likeness (QED) is 0.380. The molecule has 3 aromatic carbocycles. The molecule has 9 heteroatoms. The second-order valence-electron chi connectivity index (χ2n) is 11.0. The summed E-state index contributed by atoms with van der Waals surface area (Å²) in [6.45, 7) is 10.6. The Balaban J connectivity index is 2.07. The van der Waals surface area contributed by atoms with Crippen molar-refractivity contribution in [2.75, 3.05) is 18.0 Å². The molecule has 0 spiro atoms. The van der Waals surface area contributed by atoms with Gasteiger partial charge in [0.2, 0.25) is 11.8 Å². The molecule has 214 valence electrons. The molecule has 0 bridgehead atoms. The van der Waals surface area contributed by atoms with E-state index in [9.17, 15) is 18.0 Å². The van der Waals surface area contributed by atoms with Crippen molar-refractivity contribution in [3.05, 3.63) is 89.5 Å². The van der Waals surface area contributed by atoms with Crippen LogP contribution >= 0.6 is 0 Å². The van der Waals surface area contributed by atoms with Gasteiger partial charge in [0, 0.05) is 12.1 Å². The fraction of sp³-hybridized carbons (Fsp3) is 0.355.